The second-order valence-electron chi connectivity index (χ2n) is 7.76. The summed E-state index contributed by atoms with van der Waals surface area (Å²) in [5.41, 5.74) is 0.383. The predicted molar refractivity (Wildman–Crippen MR) is 110 cm³/mol. The molecule has 9 nitrogen and oxygen atoms in total. The molecule has 2 aliphatic heterocycles. The van der Waals surface area contributed by atoms with Gasteiger partial charge in [0.15, 0.2) is 0 Å². The van der Waals surface area contributed by atoms with Gasteiger partial charge in [0.1, 0.15) is 23.2 Å². The SMILES string of the molecule is COc1ccc(CC(=O)N2CCCC2C(=O)NCC(F)(F)F)cc1S(=O)(=O)N1CCOCC1. The highest BCUT2D eigenvalue weighted by Gasteiger charge is 2.36. The predicted octanol–water partition coefficient (Wildman–Crippen LogP) is 0.928. The average molecular weight is 494 g/mol. The number of carbonyl (C=O) groups is 2. The maximum absolute atomic E-state index is 13.1. The van der Waals surface area contributed by atoms with Gasteiger partial charge in [-0.3, -0.25) is 9.59 Å². The molecule has 1 atom stereocenters. The first kappa shape index (κ1) is 25.2. The maximum atomic E-state index is 13.1. The number of likely N-dealkylation sites (tertiary alicyclic amines) is 1. The Bertz CT molecular complexity index is 980. The number of hydrogen-bond acceptors (Lipinski definition) is 6. The summed E-state index contributed by atoms with van der Waals surface area (Å²) in [7, 11) is -2.55. The van der Waals surface area contributed by atoms with Crippen LogP contribution in [0.2, 0.25) is 0 Å². The minimum absolute atomic E-state index is 0.0851. The van der Waals surface area contributed by atoms with E-state index in [2.05, 4.69) is 0 Å². The lowest BCUT2D eigenvalue weighted by molar-refractivity contribution is -0.144. The standard InChI is InChI=1S/C20H26F3N3O6S/c1-31-16-5-4-14(11-17(16)33(29,30)25-7-9-32-10-8-25)12-18(27)26-6-2-3-15(26)19(28)24-13-20(21,22)23/h4-5,11,15H,2-3,6-10,12-13H2,1H3,(H,24,28). The molecule has 2 amide bonds. The number of carbonyl (C=O) groups excluding carboxylic acids is 2. The molecule has 0 bridgehead atoms. The largest absolute Gasteiger partial charge is 0.495 e. The lowest BCUT2D eigenvalue weighted by atomic mass is 10.1. The van der Waals surface area contributed by atoms with Gasteiger partial charge in [0.25, 0.3) is 0 Å². The number of amides is 2. The first-order valence-electron chi connectivity index (χ1n) is 10.4. The van der Waals surface area contributed by atoms with Crippen molar-refractivity contribution in [3.05, 3.63) is 23.8 Å². The first-order valence-corrected chi connectivity index (χ1v) is 11.9. The fraction of sp³-hybridized carbons (Fsp3) is 0.600. The summed E-state index contributed by atoms with van der Waals surface area (Å²) in [6.45, 7) is -0.309. The van der Waals surface area contributed by atoms with Crippen LogP contribution < -0.4 is 10.1 Å². The zero-order chi connectivity index (χ0) is 24.2. The van der Waals surface area contributed by atoms with E-state index in [1.54, 1.807) is 6.07 Å². The fourth-order valence-corrected chi connectivity index (χ4v) is 5.49. The number of alkyl halides is 3. The summed E-state index contributed by atoms with van der Waals surface area (Å²) in [6, 6.07) is 3.36. The van der Waals surface area contributed by atoms with Gasteiger partial charge in [-0.25, -0.2) is 8.42 Å². The number of morpholine rings is 1. The molecule has 1 aromatic rings. The highest BCUT2D eigenvalue weighted by molar-refractivity contribution is 7.89. The third kappa shape index (κ3) is 6.15. The monoisotopic (exact) mass is 493 g/mol. The van der Waals surface area contributed by atoms with E-state index in [0.29, 0.717) is 12.0 Å². The van der Waals surface area contributed by atoms with Gasteiger partial charge in [-0.05, 0) is 30.5 Å². The molecule has 1 aromatic carbocycles. The smallest absolute Gasteiger partial charge is 0.405 e. The van der Waals surface area contributed by atoms with E-state index in [4.69, 9.17) is 9.47 Å². The Balaban J connectivity index is 1.75. The zero-order valence-corrected chi connectivity index (χ0v) is 18.9. The third-order valence-electron chi connectivity index (χ3n) is 5.51. The van der Waals surface area contributed by atoms with E-state index in [1.165, 1.54) is 28.4 Å². The van der Waals surface area contributed by atoms with Crippen molar-refractivity contribution in [2.75, 3.05) is 46.5 Å². The minimum atomic E-state index is -4.55. The van der Waals surface area contributed by atoms with E-state index in [-0.39, 0.29) is 56.3 Å². The summed E-state index contributed by atoms with van der Waals surface area (Å²) in [4.78, 5) is 26.2. The molecular formula is C20H26F3N3O6S. The maximum Gasteiger partial charge on any atom is 0.405 e. The quantitative estimate of drug-likeness (QED) is 0.606. The van der Waals surface area contributed by atoms with Crippen LogP contribution in [0.4, 0.5) is 13.2 Å². The molecule has 2 fully saturated rings. The van der Waals surface area contributed by atoms with Crippen LogP contribution in [0.25, 0.3) is 0 Å². The normalized spacial score (nSPS) is 20.0. The van der Waals surface area contributed by atoms with Gasteiger partial charge >= 0.3 is 6.18 Å². The lowest BCUT2D eigenvalue weighted by Gasteiger charge is -2.27. The van der Waals surface area contributed by atoms with Crippen molar-refractivity contribution in [3.8, 4) is 5.75 Å². The van der Waals surface area contributed by atoms with E-state index in [1.807, 2.05) is 5.32 Å². The van der Waals surface area contributed by atoms with Crippen molar-refractivity contribution >= 4 is 21.8 Å². The molecule has 13 heteroatoms. The molecule has 0 spiro atoms. The van der Waals surface area contributed by atoms with Gasteiger partial charge in [-0.1, -0.05) is 6.07 Å². The summed E-state index contributed by atoms with van der Waals surface area (Å²) in [6.07, 6.45) is -4.02. The Hall–Kier alpha value is -2.38. The van der Waals surface area contributed by atoms with Crippen LogP contribution in [-0.2, 0) is 30.8 Å². The second kappa shape index (κ2) is 10.3. The number of methoxy groups -OCH3 is 1. The summed E-state index contributed by atoms with van der Waals surface area (Å²) in [5.74, 6) is -1.20. The van der Waals surface area contributed by atoms with Crippen LogP contribution in [0.5, 0.6) is 5.75 Å². The third-order valence-corrected chi connectivity index (χ3v) is 7.43. The Labute approximate surface area is 189 Å². The number of benzene rings is 1. The number of rotatable bonds is 7. The van der Waals surface area contributed by atoms with Crippen molar-refractivity contribution in [1.82, 2.24) is 14.5 Å². The van der Waals surface area contributed by atoms with Crippen molar-refractivity contribution in [1.29, 1.82) is 0 Å². The number of sulfonamides is 1. The molecule has 184 valence electrons. The van der Waals surface area contributed by atoms with Crippen molar-refractivity contribution < 1.29 is 40.7 Å². The van der Waals surface area contributed by atoms with Gasteiger partial charge < -0.3 is 19.7 Å². The summed E-state index contributed by atoms with van der Waals surface area (Å²) in [5, 5.41) is 1.82. The van der Waals surface area contributed by atoms with Gasteiger partial charge in [0, 0.05) is 19.6 Å². The van der Waals surface area contributed by atoms with Crippen molar-refractivity contribution in [2.45, 2.75) is 36.4 Å². The lowest BCUT2D eigenvalue weighted by Crippen LogP contribution is -2.48. The number of nitrogens with zero attached hydrogens (tertiary/aromatic N) is 2. The van der Waals surface area contributed by atoms with Gasteiger partial charge in [-0.15, -0.1) is 0 Å². The summed E-state index contributed by atoms with van der Waals surface area (Å²) < 4.78 is 75.1. The fourth-order valence-electron chi connectivity index (χ4n) is 3.88. The Kier molecular flexibility index (Phi) is 7.85. The minimum Gasteiger partial charge on any atom is -0.495 e. The number of hydrogen-bond donors (Lipinski definition) is 1. The van der Waals surface area contributed by atoms with Gasteiger partial charge in [0.2, 0.25) is 21.8 Å². The van der Waals surface area contributed by atoms with Crippen molar-refractivity contribution in [2.24, 2.45) is 0 Å². The Morgan fingerprint density at radius 3 is 2.55 bits per heavy atom. The van der Waals surface area contributed by atoms with E-state index < -0.39 is 40.6 Å². The van der Waals surface area contributed by atoms with Crippen LogP contribution in [0.15, 0.2) is 23.1 Å². The number of ether oxygens (including phenoxy) is 2. The molecular weight excluding hydrogens is 467 g/mol. The molecule has 0 aliphatic carbocycles. The average Bonchev–Trinajstić information content (AvgIpc) is 3.28. The second-order valence-corrected chi connectivity index (χ2v) is 9.66. The molecule has 2 saturated heterocycles. The van der Waals surface area contributed by atoms with Gasteiger partial charge in [0.05, 0.1) is 26.7 Å². The van der Waals surface area contributed by atoms with Gasteiger partial charge in [-0.2, -0.15) is 17.5 Å². The highest BCUT2D eigenvalue weighted by atomic mass is 32.2. The number of halogens is 3. The number of nitrogens with one attached hydrogen (secondary N) is 1. The Morgan fingerprint density at radius 2 is 1.91 bits per heavy atom. The molecule has 2 heterocycles. The topological polar surface area (TPSA) is 105 Å². The molecule has 0 aromatic heterocycles. The first-order chi connectivity index (χ1) is 15.5. The van der Waals surface area contributed by atoms with Crippen LogP contribution in [0.3, 0.4) is 0 Å². The molecule has 2 aliphatic rings. The molecule has 1 unspecified atom stereocenters. The van der Waals surface area contributed by atoms with Crippen LogP contribution in [-0.4, -0.2) is 88.2 Å². The summed E-state index contributed by atoms with van der Waals surface area (Å²) >= 11 is 0. The van der Waals surface area contributed by atoms with Crippen LogP contribution in [0.1, 0.15) is 18.4 Å². The Morgan fingerprint density at radius 1 is 1.21 bits per heavy atom. The van der Waals surface area contributed by atoms with Crippen molar-refractivity contribution in [3.63, 3.8) is 0 Å². The van der Waals surface area contributed by atoms with E-state index in [9.17, 15) is 31.2 Å². The van der Waals surface area contributed by atoms with Crippen LogP contribution in [0, 0.1) is 0 Å². The van der Waals surface area contributed by atoms with E-state index >= 15 is 0 Å². The van der Waals surface area contributed by atoms with Crippen LogP contribution >= 0.6 is 0 Å². The molecule has 33 heavy (non-hydrogen) atoms. The highest BCUT2D eigenvalue weighted by Crippen LogP contribution is 2.29. The molecule has 0 saturated carbocycles. The molecule has 1 N–H and O–H groups in total. The van der Waals surface area contributed by atoms with E-state index in [0.717, 1.165) is 0 Å². The molecule has 0 radical (unpaired) electrons. The molecule has 3 rings (SSSR count). The zero-order valence-electron chi connectivity index (χ0n) is 18.1.